The molecule has 1 atom stereocenters. The van der Waals surface area contributed by atoms with Gasteiger partial charge in [-0.1, -0.05) is 24.3 Å². The summed E-state index contributed by atoms with van der Waals surface area (Å²) in [6, 6.07) is 8.62. The monoisotopic (exact) mass is 233 g/mol. The third-order valence-corrected chi connectivity index (χ3v) is 3.66. The van der Waals surface area contributed by atoms with Crippen LogP contribution in [0.2, 0.25) is 0 Å². The second-order valence-corrected chi connectivity index (χ2v) is 5.13. The highest BCUT2D eigenvalue weighted by atomic mass is 16.3. The van der Waals surface area contributed by atoms with Gasteiger partial charge in [0.25, 0.3) is 0 Å². The number of hydrogen-bond donors (Lipinski definition) is 1. The first-order chi connectivity index (χ1) is 8.25. The number of benzene rings is 1. The van der Waals surface area contributed by atoms with E-state index in [2.05, 4.69) is 36.1 Å². The van der Waals surface area contributed by atoms with Crippen molar-refractivity contribution in [1.29, 1.82) is 0 Å². The van der Waals surface area contributed by atoms with Gasteiger partial charge >= 0.3 is 0 Å². The number of likely N-dealkylation sites (tertiary alicyclic amines) is 1. The van der Waals surface area contributed by atoms with Gasteiger partial charge in [0.05, 0.1) is 6.10 Å². The van der Waals surface area contributed by atoms with Crippen LogP contribution in [-0.4, -0.2) is 35.7 Å². The van der Waals surface area contributed by atoms with Crippen LogP contribution < -0.4 is 0 Å². The van der Waals surface area contributed by atoms with Crippen molar-refractivity contribution in [2.24, 2.45) is 0 Å². The summed E-state index contributed by atoms with van der Waals surface area (Å²) in [7, 11) is 0. The number of aliphatic hydroxyl groups is 1. The summed E-state index contributed by atoms with van der Waals surface area (Å²) in [6.45, 7) is 5.32. The Bertz CT molecular complexity index is 351. The van der Waals surface area contributed by atoms with Gasteiger partial charge < -0.3 is 10.0 Å². The number of aryl methyl sites for hydroxylation is 2. The van der Waals surface area contributed by atoms with Crippen LogP contribution in [0.1, 0.15) is 30.4 Å². The normalized spacial score (nSPS) is 21.6. The zero-order valence-electron chi connectivity index (χ0n) is 10.7. The Kier molecular flexibility index (Phi) is 4.57. The summed E-state index contributed by atoms with van der Waals surface area (Å²) in [5.74, 6) is 0. The van der Waals surface area contributed by atoms with E-state index in [0.717, 1.165) is 38.9 Å². The summed E-state index contributed by atoms with van der Waals surface area (Å²) in [5, 5.41) is 9.60. The van der Waals surface area contributed by atoms with E-state index in [-0.39, 0.29) is 6.10 Å². The van der Waals surface area contributed by atoms with E-state index in [9.17, 15) is 5.11 Å². The summed E-state index contributed by atoms with van der Waals surface area (Å²) in [6.07, 6.45) is 4.37. The van der Waals surface area contributed by atoms with Gasteiger partial charge in [-0.25, -0.2) is 0 Å². The fraction of sp³-hybridized carbons (Fsp3) is 0.600. The van der Waals surface area contributed by atoms with Crippen LogP contribution in [-0.2, 0) is 6.42 Å². The van der Waals surface area contributed by atoms with E-state index in [1.165, 1.54) is 17.5 Å². The molecule has 1 heterocycles. The lowest BCUT2D eigenvalue weighted by atomic mass is 10.0. The maximum atomic E-state index is 9.60. The Hall–Kier alpha value is -0.860. The molecule has 0 radical (unpaired) electrons. The molecule has 0 bridgehead atoms. The molecule has 17 heavy (non-hydrogen) atoms. The Balaban J connectivity index is 1.74. The van der Waals surface area contributed by atoms with Crippen molar-refractivity contribution in [3.8, 4) is 0 Å². The van der Waals surface area contributed by atoms with E-state index in [1.54, 1.807) is 0 Å². The van der Waals surface area contributed by atoms with Gasteiger partial charge in [0.2, 0.25) is 0 Å². The van der Waals surface area contributed by atoms with E-state index in [1.807, 2.05) is 0 Å². The fourth-order valence-corrected chi connectivity index (χ4v) is 2.62. The molecule has 2 nitrogen and oxygen atoms in total. The average molecular weight is 233 g/mol. The van der Waals surface area contributed by atoms with Crippen molar-refractivity contribution in [1.82, 2.24) is 4.90 Å². The summed E-state index contributed by atoms with van der Waals surface area (Å²) >= 11 is 0. The average Bonchev–Trinajstić information content (AvgIpc) is 2.32. The number of hydrogen-bond acceptors (Lipinski definition) is 2. The molecule has 1 aromatic carbocycles. The quantitative estimate of drug-likeness (QED) is 0.863. The van der Waals surface area contributed by atoms with Gasteiger partial charge in [0, 0.05) is 6.54 Å². The first-order valence-corrected chi connectivity index (χ1v) is 6.70. The van der Waals surface area contributed by atoms with Crippen LogP contribution in [0, 0.1) is 6.92 Å². The molecule has 0 saturated carbocycles. The fourth-order valence-electron chi connectivity index (χ4n) is 2.62. The Labute approximate surface area is 104 Å². The molecule has 0 aromatic heterocycles. The van der Waals surface area contributed by atoms with Crippen LogP contribution in [0.25, 0.3) is 0 Å². The lowest BCUT2D eigenvalue weighted by Gasteiger charge is -2.29. The van der Waals surface area contributed by atoms with Crippen LogP contribution >= 0.6 is 0 Å². The predicted octanol–water partition coefficient (Wildman–Crippen LogP) is 2.38. The molecule has 1 saturated heterocycles. The Morgan fingerprint density at radius 2 is 2.18 bits per heavy atom. The maximum Gasteiger partial charge on any atom is 0.0667 e. The highest BCUT2D eigenvalue weighted by Gasteiger charge is 2.16. The van der Waals surface area contributed by atoms with Crippen molar-refractivity contribution in [2.45, 2.75) is 38.7 Å². The molecule has 1 aliphatic rings. The molecule has 1 aromatic rings. The highest BCUT2D eigenvalue weighted by Crippen LogP contribution is 2.13. The van der Waals surface area contributed by atoms with E-state index in [0.29, 0.717) is 0 Å². The third kappa shape index (κ3) is 3.83. The summed E-state index contributed by atoms with van der Waals surface area (Å²) in [4.78, 5) is 2.40. The van der Waals surface area contributed by atoms with Crippen molar-refractivity contribution in [2.75, 3.05) is 19.6 Å². The first-order valence-electron chi connectivity index (χ1n) is 6.70. The lowest BCUT2D eigenvalue weighted by molar-refractivity contribution is 0.0702. The highest BCUT2D eigenvalue weighted by molar-refractivity contribution is 5.25. The molecular formula is C15H23NO. The lowest BCUT2D eigenvalue weighted by Crippen LogP contribution is -2.38. The number of β-amino-alcohol motifs (C(OH)–C–C–N with tert-alkyl or cyclic N) is 1. The minimum Gasteiger partial charge on any atom is -0.392 e. The molecular weight excluding hydrogens is 210 g/mol. The van der Waals surface area contributed by atoms with Crippen molar-refractivity contribution >= 4 is 0 Å². The molecule has 2 heteroatoms. The van der Waals surface area contributed by atoms with Crippen molar-refractivity contribution in [3.05, 3.63) is 35.4 Å². The third-order valence-electron chi connectivity index (χ3n) is 3.66. The maximum absolute atomic E-state index is 9.60. The van der Waals surface area contributed by atoms with Crippen LogP contribution in [0.15, 0.2) is 24.3 Å². The van der Waals surface area contributed by atoms with Crippen LogP contribution in [0.3, 0.4) is 0 Å². The molecule has 0 spiro atoms. The molecule has 1 unspecified atom stereocenters. The summed E-state index contributed by atoms with van der Waals surface area (Å²) in [5.41, 5.74) is 2.86. The van der Waals surface area contributed by atoms with Gasteiger partial charge in [-0.05, 0) is 56.8 Å². The minimum absolute atomic E-state index is 0.0952. The number of rotatable bonds is 4. The van der Waals surface area contributed by atoms with Crippen molar-refractivity contribution in [3.63, 3.8) is 0 Å². The SMILES string of the molecule is Cc1ccccc1CCCN1CCCC(O)C1. The van der Waals surface area contributed by atoms with Gasteiger partial charge in [-0.3, -0.25) is 0 Å². The zero-order valence-corrected chi connectivity index (χ0v) is 10.7. The first kappa shape index (κ1) is 12.6. The molecule has 94 valence electrons. The topological polar surface area (TPSA) is 23.5 Å². The van der Waals surface area contributed by atoms with Crippen LogP contribution in [0.4, 0.5) is 0 Å². The Morgan fingerprint density at radius 1 is 1.35 bits per heavy atom. The molecule has 1 N–H and O–H groups in total. The van der Waals surface area contributed by atoms with Gasteiger partial charge in [-0.2, -0.15) is 0 Å². The largest absolute Gasteiger partial charge is 0.392 e. The van der Waals surface area contributed by atoms with E-state index in [4.69, 9.17) is 0 Å². The summed E-state index contributed by atoms with van der Waals surface area (Å²) < 4.78 is 0. The Morgan fingerprint density at radius 3 is 2.94 bits per heavy atom. The number of nitrogens with zero attached hydrogens (tertiary/aromatic N) is 1. The smallest absolute Gasteiger partial charge is 0.0667 e. The zero-order chi connectivity index (χ0) is 12.1. The molecule has 0 aliphatic carbocycles. The standard InChI is InChI=1S/C15H23NO/c1-13-6-2-3-7-14(13)8-4-10-16-11-5-9-15(17)12-16/h2-3,6-7,15,17H,4-5,8-12H2,1H3. The minimum atomic E-state index is -0.0952. The predicted molar refractivity (Wildman–Crippen MR) is 71.2 cm³/mol. The molecule has 0 amide bonds. The van der Waals surface area contributed by atoms with Gasteiger partial charge in [0.15, 0.2) is 0 Å². The van der Waals surface area contributed by atoms with Gasteiger partial charge in [-0.15, -0.1) is 0 Å². The molecule has 1 aliphatic heterocycles. The number of piperidine rings is 1. The number of aliphatic hydroxyl groups excluding tert-OH is 1. The second kappa shape index (κ2) is 6.18. The molecule has 1 fully saturated rings. The van der Waals surface area contributed by atoms with Crippen molar-refractivity contribution < 1.29 is 5.11 Å². The van der Waals surface area contributed by atoms with E-state index < -0.39 is 0 Å². The second-order valence-electron chi connectivity index (χ2n) is 5.13. The van der Waals surface area contributed by atoms with Crippen LogP contribution in [0.5, 0.6) is 0 Å². The van der Waals surface area contributed by atoms with Gasteiger partial charge in [0.1, 0.15) is 0 Å². The van der Waals surface area contributed by atoms with E-state index >= 15 is 0 Å². The molecule has 2 rings (SSSR count).